The summed E-state index contributed by atoms with van der Waals surface area (Å²) in [5, 5.41) is 17.4. The molecule has 0 atom stereocenters. The maximum absolute atomic E-state index is 10.8. The molecule has 0 radical (unpaired) electrons. The first kappa shape index (κ1) is 21.4. The third kappa shape index (κ3) is 7.85. The van der Waals surface area contributed by atoms with Crippen LogP contribution in [-0.4, -0.2) is 24.0 Å². The maximum atomic E-state index is 10.8. The normalized spacial score (nSPS) is 14.3. The molecule has 0 aliphatic heterocycles. The van der Waals surface area contributed by atoms with Gasteiger partial charge in [-0.25, -0.2) is 4.99 Å². The highest BCUT2D eigenvalue weighted by Gasteiger charge is 2.06. The molecule has 0 spiro atoms. The molecule has 0 bridgehead atoms. The summed E-state index contributed by atoms with van der Waals surface area (Å²) in [6, 6.07) is 6.61. The highest BCUT2D eigenvalue weighted by Crippen LogP contribution is 2.19. The Kier molecular flexibility index (Phi) is 10.1. The summed E-state index contributed by atoms with van der Waals surface area (Å²) in [6.07, 6.45) is 8.43. The molecule has 1 aliphatic carbocycles. The average Bonchev–Trinajstić information content (AvgIpc) is 2.61. The minimum atomic E-state index is -0.380. The zero-order valence-corrected chi connectivity index (χ0v) is 17.0. The van der Waals surface area contributed by atoms with Gasteiger partial charge < -0.3 is 10.6 Å². The highest BCUT2D eigenvalue weighted by molar-refractivity contribution is 14.0. The monoisotopic (exact) mass is 458 g/mol. The molecule has 7 heteroatoms. The second-order valence-corrected chi connectivity index (χ2v) is 5.91. The van der Waals surface area contributed by atoms with Gasteiger partial charge in [-0.3, -0.25) is 10.1 Å². The molecule has 25 heavy (non-hydrogen) atoms. The van der Waals surface area contributed by atoms with E-state index in [9.17, 15) is 10.1 Å². The van der Waals surface area contributed by atoms with Crippen LogP contribution in [0.5, 0.6) is 0 Å². The summed E-state index contributed by atoms with van der Waals surface area (Å²) in [5.41, 5.74) is 2.46. The second-order valence-electron chi connectivity index (χ2n) is 5.91. The summed E-state index contributed by atoms with van der Waals surface area (Å²) in [5.74, 6) is 0.750. The SMILES string of the molecule is CCNC(=NCc1cccc([N+](=O)[O-])c1)NCCC1=CCCCC1.I. The van der Waals surface area contributed by atoms with Crippen molar-refractivity contribution in [2.24, 2.45) is 4.99 Å². The van der Waals surface area contributed by atoms with Crippen molar-refractivity contribution < 1.29 is 4.92 Å². The van der Waals surface area contributed by atoms with Crippen molar-refractivity contribution in [1.82, 2.24) is 10.6 Å². The summed E-state index contributed by atoms with van der Waals surface area (Å²) in [4.78, 5) is 15.0. The van der Waals surface area contributed by atoms with Crippen LogP contribution < -0.4 is 10.6 Å². The largest absolute Gasteiger partial charge is 0.357 e. The number of hydrogen-bond donors (Lipinski definition) is 2. The Morgan fingerprint density at radius 3 is 2.84 bits per heavy atom. The van der Waals surface area contributed by atoms with Crippen LogP contribution in [0.25, 0.3) is 0 Å². The molecular weight excluding hydrogens is 431 g/mol. The Morgan fingerprint density at radius 2 is 2.16 bits per heavy atom. The molecule has 0 saturated heterocycles. The van der Waals surface area contributed by atoms with Gasteiger partial charge in [-0.15, -0.1) is 24.0 Å². The van der Waals surface area contributed by atoms with E-state index >= 15 is 0 Å². The number of guanidine groups is 1. The molecule has 2 N–H and O–H groups in total. The average molecular weight is 458 g/mol. The van der Waals surface area contributed by atoms with E-state index in [2.05, 4.69) is 21.7 Å². The van der Waals surface area contributed by atoms with Crippen LogP contribution in [0, 0.1) is 10.1 Å². The van der Waals surface area contributed by atoms with Crippen molar-refractivity contribution in [1.29, 1.82) is 0 Å². The van der Waals surface area contributed by atoms with Crippen LogP contribution in [-0.2, 0) is 6.54 Å². The van der Waals surface area contributed by atoms with Crippen molar-refractivity contribution in [3.05, 3.63) is 51.6 Å². The maximum Gasteiger partial charge on any atom is 0.269 e. The molecule has 138 valence electrons. The van der Waals surface area contributed by atoms with Gasteiger partial charge in [0.15, 0.2) is 5.96 Å². The molecule has 1 aromatic rings. The van der Waals surface area contributed by atoms with Gasteiger partial charge in [-0.1, -0.05) is 23.8 Å². The lowest BCUT2D eigenvalue weighted by molar-refractivity contribution is -0.384. The first-order chi connectivity index (χ1) is 11.7. The lowest BCUT2D eigenvalue weighted by Crippen LogP contribution is -2.37. The molecule has 1 aliphatic rings. The summed E-state index contributed by atoms with van der Waals surface area (Å²) in [7, 11) is 0. The topological polar surface area (TPSA) is 79.6 Å². The Morgan fingerprint density at radius 1 is 1.32 bits per heavy atom. The smallest absolute Gasteiger partial charge is 0.269 e. The number of allylic oxidation sites excluding steroid dienone is 1. The second kappa shape index (κ2) is 11.8. The van der Waals surface area contributed by atoms with Gasteiger partial charge in [0.1, 0.15) is 0 Å². The Hall–Kier alpha value is -1.64. The van der Waals surface area contributed by atoms with E-state index in [1.54, 1.807) is 12.1 Å². The lowest BCUT2D eigenvalue weighted by atomic mass is 9.97. The Bertz CT molecular complexity index is 617. The number of nitrogens with one attached hydrogen (secondary N) is 2. The third-order valence-electron chi connectivity index (χ3n) is 4.01. The van der Waals surface area contributed by atoms with Gasteiger partial charge in [-0.2, -0.15) is 0 Å². The molecule has 0 amide bonds. The van der Waals surface area contributed by atoms with E-state index in [1.807, 2.05) is 13.0 Å². The number of nitrogens with zero attached hydrogens (tertiary/aromatic N) is 2. The number of benzene rings is 1. The lowest BCUT2D eigenvalue weighted by Gasteiger charge is -2.15. The number of rotatable bonds is 7. The van der Waals surface area contributed by atoms with Crippen LogP contribution in [0.3, 0.4) is 0 Å². The quantitative estimate of drug-likeness (QED) is 0.161. The predicted octanol–water partition coefficient (Wildman–Crippen LogP) is 4.16. The minimum absolute atomic E-state index is 0. The summed E-state index contributed by atoms with van der Waals surface area (Å²) in [6.45, 7) is 4.07. The number of nitro benzene ring substituents is 1. The van der Waals surface area contributed by atoms with E-state index in [1.165, 1.54) is 37.3 Å². The third-order valence-corrected chi connectivity index (χ3v) is 4.01. The highest BCUT2D eigenvalue weighted by atomic mass is 127. The Balaban J connectivity index is 0.00000312. The molecule has 0 saturated carbocycles. The molecule has 0 unspecified atom stereocenters. The van der Waals surface area contributed by atoms with Crippen molar-refractivity contribution in [2.45, 2.75) is 45.6 Å². The zero-order chi connectivity index (χ0) is 17.2. The van der Waals surface area contributed by atoms with Gasteiger partial charge in [-0.05, 0) is 44.6 Å². The predicted molar refractivity (Wildman–Crippen MR) is 112 cm³/mol. The number of hydrogen-bond acceptors (Lipinski definition) is 3. The minimum Gasteiger partial charge on any atom is -0.357 e. The van der Waals surface area contributed by atoms with Crippen molar-refractivity contribution in [3.63, 3.8) is 0 Å². The Labute approximate surface area is 166 Å². The van der Waals surface area contributed by atoms with Crippen LogP contribution in [0.15, 0.2) is 40.9 Å². The van der Waals surface area contributed by atoms with Crippen LogP contribution in [0.4, 0.5) is 5.69 Å². The fraction of sp³-hybridized carbons (Fsp3) is 0.500. The standard InChI is InChI=1S/C18H26N4O2.HI/c1-2-19-18(20-12-11-15-7-4-3-5-8-15)21-14-16-9-6-10-17(13-16)22(23)24;/h6-7,9-10,13H,2-5,8,11-12,14H2,1H3,(H2,19,20,21);1H. The van der Waals surface area contributed by atoms with Crippen LogP contribution in [0.2, 0.25) is 0 Å². The number of non-ortho nitro benzene ring substituents is 1. The van der Waals surface area contributed by atoms with Gasteiger partial charge in [0.25, 0.3) is 5.69 Å². The van der Waals surface area contributed by atoms with E-state index < -0.39 is 0 Å². The molecule has 0 heterocycles. The van der Waals surface area contributed by atoms with Crippen molar-refractivity contribution in [3.8, 4) is 0 Å². The number of halogens is 1. The molecule has 0 aromatic heterocycles. The van der Waals surface area contributed by atoms with Crippen LogP contribution >= 0.6 is 24.0 Å². The number of aliphatic imine (C=N–C) groups is 1. The van der Waals surface area contributed by atoms with Crippen molar-refractivity contribution in [2.75, 3.05) is 13.1 Å². The van der Waals surface area contributed by atoms with Crippen molar-refractivity contribution >= 4 is 35.6 Å². The van der Waals surface area contributed by atoms with E-state index in [-0.39, 0.29) is 34.6 Å². The fourth-order valence-corrected chi connectivity index (χ4v) is 2.75. The first-order valence-corrected chi connectivity index (χ1v) is 8.62. The first-order valence-electron chi connectivity index (χ1n) is 8.62. The van der Waals surface area contributed by atoms with Crippen LogP contribution in [0.1, 0.15) is 44.6 Å². The molecule has 1 aromatic carbocycles. The molecule has 6 nitrogen and oxygen atoms in total. The fourth-order valence-electron chi connectivity index (χ4n) is 2.75. The van der Waals surface area contributed by atoms with Gasteiger partial charge >= 0.3 is 0 Å². The summed E-state index contributed by atoms with van der Waals surface area (Å²) >= 11 is 0. The summed E-state index contributed by atoms with van der Waals surface area (Å²) < 4.78 is 0. The zero-order valence-electron chi connectivity index (χ0n) is 14.7. The van der Waals surface area contributed by atoms with Gasteiger partial charge in [0.2, 0.25) is 0 Å². The molecule has 2 rings (SSSR count). The number of nitro groups is 1. The van der Waals surface area contributed by atoms with Gasteiger partial charge in [0.05, 0.1) is 11.5 Å². The van der Waals surface area contributed by atoms with E-state index in [4.69, 9.17) is 0 Å². The molecular formula is C18H27IN4O2. The molecule has 0 fully saturated rings. The van der Waals surface area contributed by atoms with Gasteiger partial charge in [0, 0.05) is 25.2 Å². The van der Waals surface area contributed by atoms with E-state index in [0.717, 1.165) is 31.0 Å². The van der Waals surface area contributed by atoms with E-state index in [0.29, 0.717) is 6.54 Å².